The van der Waals surface area contributed by atoms with E-state index in [4.69, 9.17) is 23.8 Å². The van der Waals surface area contributed by atoms with Crippen molar-refractivity contribution in [1.29, 1.82) is 0 Å². The molecule has 5 heteroatoms. The van der Waals surface area contributed by atoms with Gasteiger partial charge in [0.15, 0.2) is 17.5 Å². The molecule has 0 radical (unpaired) electrons. The van der Waals surface area contributed by atoms with Crippen LogP contribution in [-0.4, -0.2) is 15.0 Å². The van der Waals surface area contributed by atoms with Crippen molar-refractivity contribution in [2.45, 2.75) is 0 Å². The molecule has 3 heterocycles. The van der Waals surface area contributed by atoms with Crippen LogP contribution in [0.1, 0.15) is 0 Å². The van der Waals surface area contributed by atoms with E-state index in [9.17, 15) is 0 Å². The molecule has 0 fully saturated rings. The van der Waals surface area contributed by atoms with Gasteiger partial charge in [-0.3, -0.25) is 0 Å². The van der Waals surface area contributed by atoms with Gasteiger partial charge in [-0.25, -0.2) is 15.0 Å². The maximum absolute atomic E-state index is 6.75. The van der Waals surface area contributed by atoms with E-state index in [0.29, 0.717) is 17.5 Å². The number of benzene rings is 7. The minimum absolute atomic E-state index is 0.584. The molecule has 0 saturated heterocycles. The van der Waals surface area contributed by atoms with Gasteiger partial charge in [0.2, 0.25) is 0 Å². The van der Waals surface area contributed by atoms with Gasteiger partial charge in [-0.05, 0) is 35.4 Å². The Labute approximate surface area is 287 Å². The second-order valence-electron chi connectivity index (χ2n) is 12.4. The Bertz CT molecular complexity index is 2800. The SMILES string of the molecule is c1ccc(-c2nc(-c3ccccc3)nc(-c3ccc4c(c3)oc3c(-c5ccc(-c6ccccc6)c6c5oc5ccccc56)cccc34)n2)cc1. The van der Waals surface area contributed by atoms with E-state index < -0.39 is 0 Å². The molecule has 0 saturated carbocycles. The van der Waals surface area contributed by atoms with Crippen molar-refractivity contribution in [3.8, 4) is 56.4 Å². The first-order valence-corrected chi connectivity index (χ1v) is 16.6. The van der Waals surface area contributed by atoms with E-state index in [-0.39, 0.29) is 0 Å². The zero-order valence-electron chi connectivity index (χ0n) is 26.7. The van der Waals surface area contributed by atoms with E-state index in [1.54, 1.807) is 0 Å². The molecule has 234 valence electrons. The number of hydrogen-bond acceptors (Lipinski definition) is 5. The normalized spacial score (nSPS) is 11.6. The summed E-state index contributed by atoms with van der Waals surface area (Å²) in [6, 6.07) is 55.6. The largest absolute Gasteiger partial charge is 0.455 e. The predicted octanol–water partition coefficient (Wildman–Crippen LogP) is 12.0. The van der Waals surface area contributed by atoms with E-state index in [2.05, 4.69) is 78.9 Å². The van der Waals surface area contributed by atoms with Crippen LogP contribution in [0.2, 0.25) is 0 Å². The van der Waals surface area contributed by atoms with Crippen LogP contribution in [0.4, 0.5) is 0 Å². The van der Waals surface area contributed by atoms with Crippen LogP contribution in [0.5, 0.6) is 0 Å². The average Bonchev–Trinajstić information content (AvgIpc) is 3.77. The van der Waals surface area contributed by atoms with E-state index >= 15 is 0 Å². The molecule has 0 spiro atoms. The third-order valence-electron chi connectivity index (χ3n) is 9.36. The lowest BCUT2D eigenvalue weighted by Gasteiger charge is -2.09. The fourth-order valence-corrected chi connectivity index (χ4v) is 6.99. The Morgan fingerprint density at radius 3 is 1.56 bits per heavy atom. The van der Waals surface area contributed by atoms with Crippen molar-refractivity contribution >= 4 is 43.9 Å². The lowest BCUT2D eigenvalue weighted by atomic mass is 9.94. The summed E-state index contributed by atoms with van der Waals surface area (Å²) in [6.45, 7) is 0. The summed E-state index contributed by atoms with van der Waals surface area (Å²) in [4.78, 5) is 14.7. The van der Waals surface area contributed by atoms with Gasteiger partial charge in [-0.1, -0.05) is 140 Å². The van der Waals surface area contributed by atoms with Crippen molar-refractivity contribution in [3.63, 3.8) is 0 Å². The molecular weight excluding hydrogens is 615 g/mol. The van der Waals surface area contributed by atoms with E-state index in [0.717, 1.165) is 82.8 Å². The highest BCUT2D eigenvalue weighted by Crippen LogP contribution is 2.44. The Morgan fingerprint density at radius 1 is 0.320 bits per heavy atom. The van der Waals surface area contributed by atoms with E-state index in [1.165, 1.54) is 0 Å². The Morgan fingerprint density at radius 2 is 0.860 bits per heavy atom. The van der Waals surface area contributed by atoms with Gasteiger partial charge in [-0.2, -0.15) is 0 Å². The summed E-state index contributed by atoms with van der Waals surface area (Å²) in [7, 11) is 0. The summed E-state index contributed by atoms with van der Waals surface area (Å²) in [5.74, 6) is 1.83. The molecule has 50 heavy (non-hydrogen) atoms. The highest BCUT2D eigenvalue weighted by molar-refractivity contribution is 6.19. The number of hydrogen-bond donors (Lipinski definition) is 0. The third-order valence-corrected chi connectivity index (χ3v) is 9.36. The Hall–Kier alpha value is -6.85. The van der Waals surface area contributed by atoms with Gasteiger partial charge < -0.3 is 8.83 Å². The van der Waals surface area contributed by atoms with Crippen LogP contribution in [0.15, 0.2) is 173 Å². The monoisotopic (exact) mass is 641 g/mol. The summed E-state index contributed by atoms with van der Waals surface area (Å²) < 4.78 is 13.4. The maximum atomic E-state index is 6.75. The highest BCUT2D eigenvalue weighted by Gasteiger charge is 2.21. The number of nitrogens with zero attached hydrogens (tertiary/aromatic N) is 3. The summed E-state index contributed by atoms with van der Waals surface area (Å²) in [6.07, 6.45) is 0. The number of rotatable bonds is 5. The molecule has 0 atom stereocenters. The van der Waals surface area contributed by atoms with Gasteiger partial charge in [0.05, 0.1) is 0 Å². The smallest absolute Gasteiger partial charge is 0.164 e. The highest BCUT2D eigenvalue weighted by atomic mass is 16.3. The zero-order chi connectivity index (χ0) is 33.0. The second kappa shape index (κ2) is 11.4. The lowest BCUT2D eigenvalue weighted by molar-refractivity contribution is 0.665. The van der Waals surface area contributed by atoms with Crippen molar-refractivity contribution in [2.24, 2.45) is 0 Å². The fourth-order valence-electron chi connectivity index (χ4n) is 6.99. The summed E-state index contributed by atoms with van der Waals surface area (Å²) in [5.41, 5.74) is 10.2. The minimum atomic E-state index is 0.584. The molecule has 0 amide bonds. The molecule has 10 aromatic rings. The first-order chi connectivity index (χ1) is 24.8. The lowest BCUT2D eigenvalue weighted by Crippen LogP contribution is -2.00. The van der Waals surface area contributed by atoms with Crippen molar-refractivity contribution in [3.05, 3.63) is 164 Å². The summed E-state index contributed by atoms with van der Waals surface area (Å²) in [5, 5.41) is 4.24. The summed E-state index contributed by atoms with van der Waals surface area (Å²) >= 11 is 0. The van der Waals surface area contributed by atoms with Crippen molar-refractivity contribution in [2.75, 3.05) is 0 Å². The van der Waals surface area contributed by atoms with Crippen LogP contribution in [0.3, 0.4) is 0 Å². The molecule has 0 N–H and O–H groups in total. The molecule has 10 rings (SSSR count). The molecule has 0 aliphatic rings. The third kappa shape index (κ3) is 4.60. The van der Waals surface area contributed by atoms with Gasteiger partial charge >= 0.3 is 0 Å². The van der Waals surface area contributed by atoms with Gasteiger partial charge in [-0.15, -0.1) is 0 Å². The first kappa shape index (κ1) is 28.2. The fraction of sp³-hybridized carbons (Fsp3) is 0. The van der Waals surface area contributed by atoms with Crippen LogP contribution in [-0.2, 0) is 0 Å². The van der Waals surface area contributed by atoms with Crippen LogP contribution in [0, 0.1) is 0 Å². The number of aromatic nitrogens is 3. The molecule has 3 aromatic heterocycles. The molecule has 0 aliphatic carbocycles. The Balaban J connectivity index is 1.16. The van der Waals surface area contributed by atoms with Crippen molar-refractivity contribution in [1.82, 2.24) is 15.0 Å². The standard InChI is InChI=1S/C45H27N3O2/c1-4-13-28(14-5-1)32-25-26-36(42-40(32)37-19-10-11-22-38(37)49-42)35-21-12-20-34-33-24-23-31(27-39(33)50-41(34)35)45-47-43(29-15-6-2-7-16-29)46-44(48-45)30-17-8-3-9-18-30/h1-27H. The van der Waals surface area contributed by atoms with Crippen molar-refractivity contribution < 1.29 is 8.83 Å². The first-order valence-electron chi connectivity index (χ1n) is 16.6. The van der Waals surface area contributed by atoms with Crippen LogP contribution in [0.25, 0.3) is 100 Å². The number of para-hydroxylation sites is 2. The second-order valence-corrected chi connectivity index (χ2v) is 12.4. The number of furan rings is 2. The van der Waals surface area contributed by atoms with Gasteiger partial charge in [0, 0.05) is 49.4 Å². The molecule has 7 aromatic carbocycles. The topological polar surface area (TPSA) is 65.0 Å². The number of fused-ring (bicyclic) bond motifs is 6. The molecular formula is C45H27N3O2. The Kier molecular flexibility index (Phi) is 6.42. The minimum Gasteiger partial charge on any atom is -0.455 e. The van der Waals surface area contributed by atoms with Gasteiger partial charge in [0.1, 0.15) is 22.3 Å². The zero-order valence-corrected chi connectivity index (χ0v) is 26.7. The average molecular weight is 642 g/mol. The van der Waals surface area contributed by atoms with E-state index in [1.807, 2.05) is 84.9 Å². The van der Waals surface area contributed by atoms with Crippen LogP contribution >= 0.6 is 0 Å². The molecule has 0 unspecified atom stereocenters. The maximum Gasteiger partial charge on any atom is 0.164 e. The predicted molar refractivity (Wildman–Crippen MR) is 202 cm³/mol. The molecule has 0 aliphatic heterocycles. The van der Waals surface area contributed by atoms with Crippen LogP contribution < -0.4 is 0 Å². The quantitative estimate of drug-likeness (QED) is 0.187. The molecule has 0 bridgehead atoms. The molecule has 5 nitrogen and oxygen atoms in total. The van der Waals surface area contributed by atoms with Gasteiger partial charge in [0.25, 0.3) is 0 Å².